The molecule has 2 amide bonds. The zero-order valence-corrected chi connectivity index (χ0v) is 20.5. The molecule has 1 fully saturated rings. The van der Waals surface area contributed by atoms with E-state index >= 15 is 0 Å². The SMILES string of the molecule is CCC(C)(C)NC(=O)CN(CCN1CCOCC1)C(=O)CNS(=O)(=O)c1ccc(Cl)cc1. The van der Waals surface area contributed by atoms with Crippen LogP contribution in [0.15, 0.2) is 29.2 Å². The van der Waals surface area contributed by atoms with Crippen LogP contribution >= 0.6 is 11.6 Å². The van der Waals surface area contributed by atoms with E-state index in [1.165, 1.54) is 29.2 Å². The fourth-order valence-electron chi connectivity index (χ4n) is 3.02. The zero-order valence-electron chi connectivity index (χ0n) is 18.9. The van der Waals surface area contributed by atoms with Crippen LogP contribution in [-0.4, -0.2) is 88.1 Å². The first-order valence-electron chi connectivity index (χ1n) is 10.7. The molecule has 0 bridgehead atoms. The third-order valence-electron chi connectivity index (χ3n) is 5.38. The Morgan fingerprint density at radius 1 is 1.19 bits per heavy atom. The molecule has 2 N–H and O–H groups in total. The number of hydrogen-bond donors (Lipinski definition) is 2. The van der Waals surface area contributed by atoms with Crippen LogP contribution in [0.5, 0.6) is 0 Å². The second-order valence-electron chi connectivity index (χ2n) is 8.33. The smallest absolute Gasteiger partial charge is 0.241 e. The topological polar surface area (TPSA) is 108 Å². The Kier molecular flexibility index (Phi) is 9.90. The van der Waals surface area contributed by atoms with Crippen molar-refractivity contribution >= 4 is 33.4 Å². The van der Waals surface area contributed by atoms with E-state index < -0.39 is 28.0 Å². The van der Waals surface area contributed by atoms with Crippen LogP contribution in [0.4, 0.5) is 0 Å². The van der Waals surface area contributed by atoms with E-state index in [-0.39, 0.29) is 17.3 Å². The number of nitrogens with zero attached hydrogens (tertiary/aromatic N) is 2. The lowest BCUT2D eigenvalue weighted by Gasteiger charge is -2.31. The molecule has 0 aromatic heterocycles. The van der Waals surface area contributed by atoms with E-state index in [0.717, 1.165) is 19.5 Å². The molecule has 1 saturated heterocycles. The first kappa shape index (κ1) is 26.5. The zero-order chi connectivity index (χ0) is 23.8. The van der Waals surface area contributed by atoms with Gasteiger partial charge in [0.15, 0.2) is 0 Å². The summed E-state index contributed by atoms with van der Waals surface area (Å²) in [5, 5.41) is 3.33. The number of halogens is 1. The average Bonchev–Trinajstić information content (AvgIpc) is 2.75. The Bertz CT molecular complexity index is 871. The Hall–Kier alpha value is -1.72. The van der Waals surface area contributed by atoms with E-state index in [4.69, 9.17) is 16.3 Å². The molecule has 0 radical (unpaired) electrons. The summed E-state index contributed by atoms with van der Waals surface area (Å²) in [5.74, 6) is -0.756. The quantitative estimate of drug-likeness (QED) is 0.482. The maximum Gasteiger partial charge on any atom is 0.241 e. The van der Waals surface area contributed by atoms with E-state index in [1.807, 2.05) is 20.8 Å². The molecule has 0 atom stereocenters. The number of nitrogens with one attached hydrogen (secondary N) is 2. The number of carbonyl (C=O) groups is 2. The fraction of sp³-hybridized carbons (Fsp3) is 0.619. The summed E-state index contributed by atoms with van der Waals surface area (Å²) in [7, 11) is -3.89. The second-order valence-corrected chi connectivity index (χ2v) is 10.5. The molecule has 11 heteroatoms. The fourth-order valence-corrected chi connectivity index (χ4v) is 4.12. The molecule has 32 heavy (non-hydrogen) atoms. The molecule has 0 saturated carbocycles. The first-order chi connectivity index (χ1) is 15.0. The third kappa shape index (κ3) is 8.67. The number of morpholine rings is 1. The lowest BCUT2D eigenvalue weighted by Crippen LogP contribution is -2.52. The highest BCUT2D eigenvalue weighted by molar-refractivity contribution is 7.89. The maximum atomic E-state index is 12.9. The summed E-state index contributed by atoms with van der Waals surface area (Å²) in [6.07, 6.45) is 0.737. The van der Waals surface area contributed by atoms with Crippen molar-refractivity contribution in [3.05, 3.63) is 29.3 Å². The van der Waals surface area contributed by atoms with Gasteiger partial charge >= 0.3 is 0 Å². The molecular formula is C21H33ClN4O5S. The highest BCUT2D eigenvalue weighted by atomic mass is 35.5. The van der Waals surface area contributed by atoms with Gasteiger partial charge in [0.2, 0.25) is 21.8 Å². The van der Waals surface area contributed by atoms with E-state index in [9.17, 15) is 18.0 Å². The number of ether oxygens (including phenoxy) is 1. The standard InChI is InChI=1S/C21H33ClN4O5S/c1-4-21(2,3)24-19(27)16-26(10-9-25-11-13-31-14-12-25)20(28)15-23-32(29,30)18-7-5-17(22)6-8-18/h5-8,23H,4,9-16H2,1-3H3,(H,24,27). The Morgan fingerprint density at radius 3 is 2.41 bits per heavy atom. The summed E-state index contributed by atoms with van der Waals surface area (Å²) >= 11 is 5.81. The third-order valence-corrected chi connectivity index (χ3v) is 7.05. The molecule has 0 unspecified atom stereocenters. The van der Waals surface area contributed by atoms with Gasteiger partial charge in [-0.2, -0.15) is 0 Å². The number of rotatable bonds is 11. The minimum atomic E-state index is -3.89. The minimum absolute atomic E-state index is 0.0111. The van der Waals surface area contributed by atoms with Crippen LogP contribution in [0.25, 0.3) is 0 Å². The average molecular weight is 489 g/mol. The van der Waals surface area contributed by atoms with Crippen molar-refractivity contribution in [1.82, 2.24) is 19.8 Å². The van der Waals surface area contributed by atoms with Crippen molar-refractivity contribution in [2.75, 3.05) is 52.5 Å². The molecule has 1 aliphatic heterocycles. The number of benzene rings is 1. The van der Waals surface area contributed by atoms with Crippen molar-refractivity contribution in [3.63, 3.8) is 0 Å². The van der Waals surface area contributed by atoms with E-state index in [2.05, 4.69) is 14.9 Å². The van der Waals surface area contributed by atoms with Crippen molar-refractivity contribution < 1.29 is 22.7 Å². The van der Waals surface area contributed by atoms with Gasteiger partial charge in [-0.15, -0.1) is 0 Å². The Labute approximate surface area is 195 Å². The second kappa shape index (κ2) is 11.9. The van der Waals surface area contributed by atoms with Gasteiger partial charge in [0.05, 0.1) is 31.2 Å². The normalized spacial score (nSPS) is 15.4. The molecule has 180 valence electrons. The predicted molar refractivity (Wildman–Crippen MR) is 123 cm³/mol. The highest BCUT2D eigenvalue weighted by Gasteiger charge is 2.24. The van der Waals surface area contributed by atoms with Crippen LogP contribution in [0.1, 0.15) is 27.2 Å². The van der Waals surface area contributed by atoms with Crippen LogP contribution < -0.4 is 10.0 Å². The van der Waals surface area contributed by atoms with Crippen molar-refractivity contribution in [3.8, 4) is 0 Å². The number of sulfonamides is 1. The van der Waals surface area contributed by atoms with Gasteiger partial charge < -0.3 is 15.0 Å². The van der Waals surface area contributed by atoms with Gasteiger partial charge in [0.1, 0.15) is 0 Å². The predicted octanol–water partition coefficient (Wildman–Crippen LogP) is 1.08. The van der Waals surface area contributed by atoms with Gasteiger partial charge in [-0.25, -0.2) is 13.1 Å². The molecule has 1 aliphatic rings. The molecule has 1 aromatic rings. The molecule has 1 heterocycles. The molecular weight excluding hydrogens is 456 g/mol. The van der Waals surface area contributed by atoms with Gasteiger partial charge in [-0.05, 0) is 44.5 Å². The number of hydrogen-bond acceptors (Lipinski definition) is 6. The minimum Gasteiger partial charge on any atom is -0.379 e. The van der Waals surface area contributed by atoms with Crippen LogP contribution in [-0.2, 0) is 24.3 Å². The molecule has 9 nitrogen and oxygen atoms in total. The first-order valence-corrected chi connectivity index (χ1v) is 12.5. The molecule has 2 rings (SSSR count). The van der Waals surface area contributed by atoms with Gasteiger partial charge in [0.25, 0.3) is 0 Å². The Morgan fingerprint density at radius 2 is 1.81 bits per heavy atom. The molecule has 0 spiro atoms. The largest absolute Gasteiger partial charge is 0.379 e. The van der Waals surface area contributed by atoms with Crippen LogP contribution in [0.2, 0.25) is 5.02 Å². The van der Waals surface area contributed by atoms with Crippen LogP contribution in [0.3, 0.4) is 0 Å². The molecule has 0 aliphatic carbocycles. The summed E-state index contributed by atoms with van der Waals surface area (Å²) in [6, 6.07) is 5.66. The summed E-state index contributed by atoms with van der Waals surface area (Å²) in [4.78, 5) is 29.0. The van der Waals surface area contributed by atoms with E-state index in [1.54, 1.807) is 0 Å². The molecule has 1 aromatic carbocycles. The monoisotopic (exact) mass is 488 g/mol. The summed E-state index contributed by atoms with van der Waals surface area (Å²) in [6.45, 7) is 8.82. The Balaban J connectivity index is 2.02. The van der Waals surface area contributed by atoms with Crippen molar-refractivity contribution in [2.45, 2.75) is 37.6 Å². The van der Waals surface area contributed by atoms with Crippen LogP contribution in [0, 0.1) is 0 Å². The van der Waals surface area contributed by atoms with E-state index in [0.29, 0.717) is 31.3 Å². The number of amides is 2. The number of carbonyl (C=O) groups excluding carboxylic acids is 2. The summed E-state index contributed by atoms with van der Waals surface area (Å²) < 4.78 is 32.7. The van der Waals surface area contributed by atoms with Gasteiger partial charge in [0, 0.05) is 36.7 Å². The van der Waals surface area contributed by atoms with Crippen molar-refractivity contribution in [1.29, 1.82) is 0 Å². The maximum absolute atomic E-state index is 12.9. The van der Waals surface area contributed by atoms with Crippen molar-refractivity contribution in [2.24, 2.45) is 0 Å². The lowest BCUT2D eigenvalue weighted by molar-refractivity contribution is -0.136. The van der Waals surface area contributed by atoms with Gasteiger partial charge in [-0.3, -0.25) is 14.5 Å². The highest BCUT2D eigenvalue weighted by Crippen LogP contribution is 2.14. The summed E-state index contributed by atoms with van der Waals surface area (Å²) in [5.41, 5.74) is -0.397. The van der Waals surface area contributed by atoms with Gasteiger partial charge in [-0.1, -0.05) is 18.5 Å². The lowest BCUT2D eigenvalue weighted by atomic mass is 10.0.